The molecule has 8 nitrogen and oxygen atoms in total. The van der Waals surface area contributed by atoms with Crippen LogP contribution in [-0.2, 0) is 0 Å². The van der Waals surface area contributed by atoms with Crippen molar-refractivity contribution >= 4 is 23.5 Å². The predicted octanol–water partition coefficient (Wildman–Crippen LogP) is 2.83. The SMILES string of the molecule is CC(CO)Oc1cc(Oc2ncc(C(=O)N3CCC3)cc2Cl)cc(C(=O)O)c1. The predicted molar refractivity (Wildman–Crippen MR) is 100 cm³/mol. The van der Waals surface area contributed by atoms with Crippen LogP contribution in [0.15, 0.2) is 30.5 Å². The van der Waals surface area contributed by atoms with Crippen molar-refractivity contribution in [2.45, 2.75) is 19.4 Å². The summed E-state index contributed by atoms with van der Waals surface area (Å²) in [7, 11) is 0. The molecule has 0 spiro atoms. The molecule has 0 bridgehead atoms. The van der Waals surface area contributed by atoms with Gasteiger partial charge in [-0.3, -0.25) is 4.79 Å². The number of carboxylic acids is 1. The second-order valence-corrected chi connectivity index (χ2v) is 6.78. The van der Waals surface area contributed by atoms with Gasteiger partial charge in [0.2, 0.25) is 5.88 Å². The Morgan fingerprint density at radius 2 is 1.93 bits per heavy atom. The number of aromatic nitrogens is 1. The highest BCUT2D eigenvalue weighted by molar-refractivity contribution is 6.32. The van der Waals surface area contributed by atoms with E-state index < -0.39 is 12.1 Å². The summed E-state index contributed by atoms with van der Waals surface area (Å²) in [5.74, 6) is -0.908. The van der Waals surface area contributed by atoms with Crippen molar-refractivity contribution in [2.24, 2.45) is 0 Å². The number of carbonyl (C=O) groups excluding carboxylic acids is 1. The monoisotopic (exact) mass is 406 g/mol. The molecule has 2 aromatic rings. The normalized spacial score (nSPS) is 14.2. The Kier molecular flexibility index (Phi) is 6.01. The van der Waals surface area contributed by atoms with Crippen LogP contribution in [0.1, 0.15) is 34.1 Å². The zero-order valence-electron chi connectivity index (χ0n) is 15.1. The van der Waals surface area contributed by atoms with Crippen LogP contribution in [0, 0.1) is 0 Å². The highest BCUT2D eigenvalue weighted by Gasteiger charge is 2.23. The molecule has 3 rings (SSSR count). The molecule has 1 aromatic carbocycles. The van der Waals surface area contributed by atoms with Gasteiger partial charge in [-0.05, 0) is 31.5 Å². The van der Waals surface area contributed by atoms with Gasteiger partial charge >= 0.3 is 5.97 Å². The van der Waals surface area contributed by atoms with Crippen molar-refractivity contribution in [3.63, 3.8) is 0 Å². The maximum Gasteiger partial charge on any atom is 0.335 e. The third-order valence-electron chi connectivity index (χ3n) is 4.13. The van der Waals surface area contributed by atoms with Crippen LogP contribution in [0.5, 0.6) is 17.4 Å². The third-order valence-corrected chi connectivity index (χ3v) is 4.40. The first-order chi connectivity index (χ1) is 13.4. The fraction of sp³-hybridized carbons (Fsp3) is 0.316. The van der Waals surface area contributed by atoms with Gasteiger partial charge in [-0.2, -0.15) is 0 Å². The van der Waals surface area contributed by atoms with Crippen LogP contribution in [-0.4, -0.2) is 57.8 Å². The van der Waals surface area contributed by atoms with Gasteiger partial charge in [-0.15, -0.1) is 0 Å². The van der Waals surface area contributed by atoms with E-state index in [1.165, 1.54) is 30.5 Å². The minimum Gasteiger partial charge on any atom is -0.488 e. The Balaban J connectivity index is 1.83. The van der Waals surface area contributed by atoms with Gasteiger partial charge < -0.3 is 24.6 Å². The molecule has 1 aromatic heterocycles. The molecule has 1 aliphatic heterocycles. The standard InChI is InChI=1S/C19H19ClN2O6/c1-11(10-23)27-14-5-12(19(25)26)6-15(8-14)28-17-16(20)7-13(9-21-17)18(24)22-3-2-4-22/h5-9,11,23H,2-4,10H2,1H3,(H,25,26). The Labute approximate surface area is 166 Å². The van der Waals surface area contributed by atoms with Gasteiger partial charge in [-0.25, -0.2) is 9.78 Å². The van der Waals surface area contributed by atoms with Gasteiger partial charge in [-0.1, -0.05) is 11.6 Å². The van der Waals surface area contributed by atoms with E-state index in [9.17, 15) is 14.7 Å². The smallest absolute Gasteiger partial charge is 0.335 e. The van der Waals surface area contributed by atoms with E-state index in [1.54, 1.807) is 11.8 Å². The van der Waals surface area contributed by atoms with E-state index in [4.69, 9.17) is 26.2 Å². The van der Waals surface area contributed by atoms with E-state index in [1.807, 2.05) is 0 Å². The Hall–Kier alpha value is -2.84. The number of aromatic carboxylic acids is 1. The first-order valence-corrected chi connectivity index (χ1v) is 9.03. The lowest BCUT2D eigenvalue weighted by atomic mass is 10.1. The number of carboxylic acid groups (broad SMARTS) is 1. The Morgan fingerprint density at radius 1 is 1.21 bits per heavy atom. The van der Waals surface area contributed by atoms with Gasteiger partial charge in [0.1, 0.15) is 22.6 Å². The summed E-state index contributed by atoms with van der Waals surface area (Å²) in [6.07, 6.45) is 1.83. The number of nitrogens with zero attached hydrogens (tertiary/aromatic N) is 2. The number of pyridine rings is 1. The molecule has 0 saturated carbocycles. The number of halogens is 1. The lowest BCUT2D eigenvalue weighted by molar-refractivity contribution is 0.0649. The maximum absolute atomic E-state index is 12.2. The zero-order valence-corrected chi connectivity index (χ0v) is 15.8. The molecule has 0 radical (unpaired) electrons. The lowest BCUT2D eigenvalue weighted by Gasteiger charge is -2.30. The number of hydrogen-bond donors (Lipinski definition) is 2. The number of aliphatic hydroxyl groups excluding tert-OH is 1. The topological polar surface area (TPSA) is 109 Å². The summed E-state index contributed by atoms with van der Waals surface area (Å²) in [5.41, 5.74) is 0.301. The minimum absolute atomic E-state index is 0.0329. The van der Waals surface area contributed by atoms with Gasteiger partial charge in [0.05, 0.1) is 17.7 Å². The number of likely N-dealkylation sites (tertiary alicyclic amines) is 1. The number of carbonyl (C=O) groups is 2. The molecule has 1 amide bonds. The van der Waals surface area contributed by atoms with E-state index >= 15 is 0 Å². The molecule has 1 atom stereocenters. The zero-order chi connectivity index (χ0) is 20.3. The van der Waals surface area contributed by atoms with Crippen molar-refractivity contribution in [1.29, 1.82) is 0 Å². The van der Waals surface area contributed by atoms with Crippen LogP contribution < -0.4 is 9.47 Å². The molecule has 1 unspecified atom stereocenters. The third kappa shape index (κ3) is 4.52. The summed E-state index contributed by atoms with van der Waals surface area (Å²) in [6.45, 7) is 2.84. The fourth-order valence-corrected chi connectivity index (χ4v) is 2.73. The van der Waals surface area contributed by atoms with Crippen LogP contribution in [0.4, 0.5) is 0 Å². The van der Waals surface area contributed by atoms with Crippen LogP contribution in [0.2, 0.25) is 5.02 Å². The molecule has 0 aliphatic carbocycles. The highest BCUT2D eigenvalue weighted by atomic mass is 35.5. The van der Waals surface area contributed by atoms with Crippen molar-refractivity contribution in [3.05, 3.63) is 46.6 Å². The van der Waals surface area contributed by atoms with Crippen molar-refractivity contribution < 1.29 is 29.3 Å². The summed E-state index contributed by atoms with van der Waals surface area (Å²) >= 11 is 6.20. The number of ether oxygens (including phenoxy) is 2. The van der Waals surface area contributed by atoms with E-state index in [-0.39, 0.29) is 40.5 Å². The Morgan fingerprint density at radius 3 is 2.50 bits per heavy atom. The molecule has 1 fully saturated rings. The van der Waals surface area contributed by atoms with Gasteiger partial charge in [0.15, 0.2) is 0 Å². The minimum atomic E-state index is -1.17. The summed E-state index contributed by atoms with van der Waals surface area (Å²) < 4.78 is 11.1. The number of benzene rings is 1. The molecule has 9 heteroatoms. The van der Waals surface area contributed by atoms with E-state index in [0.717, 1.165) is 6.42 Å². The first-order valence-electron chi connectivity index (χ1n) is 8.66. The molecule has 1 aliphatic rings. The molecule has 148 valence electrons. The van der Waals surface area contributed by atoms with Crippen LogP contribution >= 0.6 is 11.6 Å². The van der Waals surface area contributed by atoms with Crippen molar-refractivity contribution in [2.75, 3.05) is 19.7 Å². The number of rotatable bonds is 7. The first kappa shape index (κ1) is 19.9. The second kappa shape index (κ2) is 8.45. The highest BCUT2D eigenvalue weighted by Crippen LogP contribution is 2.31. The van der Waals surface area contributed by atoms with Crippen molar-refractivity contribution in [3.8, 4) is 17.4 Å². The number of hydrogen-bond acceptors (Lipinski definition) is 6. The fourth-order valence-electron chi connectivity index (χ4n) is 2.52. The summed E-state index contributed by atoms with van der Waals surface area (Å²) in [5, 5.41) is 18.5. The Bertz CT molecular complexity index is 900. The largest absolute Gasteiger partial charge is 0.488 e. The summed E-state index contributed by atoms with van der Waals surface area (Å²) in [4.78, 5) is 29.4. The molecule has 1 saturated heterocycles. The summed E-state index contributed by atoms with van der Waals surface area (Å²) in [6, 6.07) is 5.56. The van der Waals surface area contributed by atoms with Gasteiger partial charge in [0.25, 0.3) is 5.91 Å². The number of aliphatic hydroxyl groups is 1. The lowest BCUT2D eigenvalue weighted by Crippen LogP contribution is -2.42. The van der Waals surface area contributed by atoms with Crippen molar-refractivity contribution in [1.82, 2.24) is 9.88 Å². The maximum atomic E-state index is 12.2. The second-order valence-electron chi connectivity index (χ2n) is 6.37. The molecule has 2 heterocycles. The molecular weight excluding hydrogens is 388 g/mol. The average Bonchev–Trinajstić information content (AvgIpc) is 2.61. The quantitative estimate of drug-likeness (QED) is 0.727. The average molecular weight is 407 g/mol. The molecular formula is C19H19ClN2O6. The molecule has 28 heavy (non-hydrogen) atoms. The molecule has 2 N–H and O–H groups in total. The van der Waals surface area contributed by atoms with E-state index in [2.05, 4.69) is 4.98 Å². The van der Waals surface area contributed by atoms with Gasteiger partial charge in [0, 0.05) is 25.4 Å². The van der Waals surface area contributed by atoms with Crippen LogP contribution in [0.25, 0.3) is 0 Å². The van der Waals surface area contributed by atoms with E-state index in [0.29, 0.717) is 18.7 Å². The van der Waals surface area contributed by atoms with Crippen LogP contribution in [0.3, 0.4) is 0 Å². The number of amides is 1.